The predicted octanol–water partition coefficient (Wildman–Crippen LogP) is 4.28. The van der Waals surface area contributed by atoms with Crippen molar-refractivity contribution in [1.82, 2.24) is 0 Å². The first-order chi connectivity index (χ1) is 9.47. The molecule has 0 fully saturated rings. The zero-order valence-electron chi connectivity index (χ0n) is 11.3. The number of halogens is 1. The molecular formula is C16H16ClNO2. The Kier molecular flexibility index (Phi) is 8.49. The Morgan fingerprint density at radius 2 is 2.05 bits per heavy atom. The molecule has 0 aromatic rings. The van der Waals surface area contributed by atoms with Gasteiger partial charge in [0.15, 0.2) is 0 Å². The van der Waals surface area contributed by atoms with E-state index < -0.39 is 5.97 Å². The van der Waals surface area contributed by atoms with Crippen molar-refractivity contribution in [3.63, 3.8) is 0 Å². The highest BCUT2D eigenvalue weighted by Gasteiger charge is 2.13. The molecule has 0 unspecified atom stereocenters. The van der Waals surface area contributed by atoms with Crippen LogP contribution < -0.4 is 0 Å². The molecule has 0 radical (unpaired) electrons. The van der Waals surface area contributed by atoms with Crippen LogP contribution in [0.15, 0.2) is 71.4 Å². The number of allylic oxidation sites excluding steroid dienone is 8. The van der Waals surface area contributed by atoms with Gasteiger partial charge in [-0.15, -0.1) is 0 Å². The van der Waals surface area contributed by atoms with Gasteiger partial charge in [0.2, 0.25) is 0 Å². The molecule has 0 rings (SSSR count). The van der Waals surface area contributed by atoms with E-state index >= 15 is 0 Å². The lowest BCUT2D eigenvalue weighted by Crippen LogP contribution is -2.04. The van der Waals surface area contributed by atoms with E-state index in [-0.39, 0.29) is 12.0 Å². The Morgan fingerprint density at radius 1 is 1.40 bits per heavy atom. The topological polar surface area (TPSA) is 61.1 Å². The molecule has 0 saturated heterocycles. The fourth-order valence-corrected chi connectivity index (χ4v) is 1.46. The first kappa shape index (κ1) is 17.7. The zero-order valence-corrected chi connectivity index (χ0v) is 12.0. The molecule has 1 N–H and O–H groups in total. The minimum absolute atomic E-state index is 0.0261. The summed E-state index contributed by atoms with van der Waals surface area (Å²) in [6, 6.07) is 1.96. The van der Waals surface area contributed by atoms with E-state index in [4.69, 9.17) is 16.9 Å². The summed E-state index contributed by atoms with van der Waals surface area (Å²) >= 11 is 5.74. The van der Waals surface area contributed by atoms with Gasteiger partial charge in [-0.1, -0.05) is 49.1 Å². The minimum Gasteiger partial charge on any atom is -0.478 e. The number of hydrogen-bond acceptors (Lipinski definition) is 2. The molecule has 20 heavy (non-hydrogen) atoms. The maximum absolute atomic E-state index is 11.3. The van der Waals surface area contributed by atoms with Crippen LogP contribution in [0.2, 0.25) is 0 Å². The third kappa shape index (κ3) is 6.03. The van der Waals surface area contributed by atoms with Crippen LogP contribution in [-0.4, -0.2) is 11.1 Å². The number of nitriles is 1. The summed E-state index contributed by atoms with van der Waals surface area (Å²) in [6.45, 7) is 8.83. The third-order valence-corrected chi connectivity index (χ3v) is 2.40. The Morgan fingerprint density at radius 3 is 2.45 bits per heavy atom. The standard InChI is InChI=1S/C16H16ClNO2/c1-4-6-7-15(16(19)20)14(10-11-18)13(5-2)9-8-12(3)17/h4-9H,1-2,10H2,3H3,(H,19,20)/b7-6-,12-8+,13-9+,15-14-. The molecule has 0 aromatic heterocycles. The van der Waals surface area contributed by atoms with Crippen LogP contribution >= 0.6 is 11.6 Å². The van der Waals surface area contributed by atoms with Crippen LogP contribution in [-0.2, 0) is 4.79 Å². The van der Waals surface area contributed by atoms with Crippen LogP contribution in [0.4, 0.5) is 0 Å². The zero-order chi connectivity index (χ0) is 15.5. The number of carbonyl (C=O) groups is 1. The molecule has 0 saturated carbocycles. The summed E-state index contributed by atoms with van der Waals surface area (Å²) in [5.74, 6) is -1.12. The highest BCUT2D eigenvalue weighted by Crippen LogP contribution is 2.22. The van der Waals surface area contributed by atoms with Crippen LogP contribution in [0.25, 0.3) is 0 Å². The molecule has 0 aliphatic carbocycles. The number of nitrogens with zero attached hydrogens (tertiary/aromatic N) is 1. The molecule has 0 spiro atoms. The SMILES string of the molecule is C=C\C=C/C(C(=O)O)=C(CC#N)/C(C=C)=C/C=C(\C)Cl. The largest absolute Gasteiger partial charge is 0.478 e. The average molecular weight is 290 g/mol. The van der Waals surface area contributed by atoms with Crippen LogP contribution in [0.1, 0.15) is 13.3 Å². The molecule has 0 amide bonds. The monoisotopic (exact) mass is 289 g/mol. The van der Waals surface area contributed by atoms with Crippen molar-refractivity contribution in [2.75, 3.05) is 0 Å². The van der Waals surface area contributed by atoms with E-state index in [1.54, 1.807) is 19.1 Å². The predicted molar refractivity (Wildman–Crippen MR) is 82.1 cm³/mol. The van der Waals surface area contributed by atoms with Gasteiger partial charge in [0.05, 0.1) is 18.1 Å². The van der Waals surface area contributed by atoms with Crippen molar-refractivity contribution in [3.05, 3.63) is 71.4 Å². The quantitative estimate of drug-likeness (QED) is 0.562. The molecule has 4 heteroatoms. The summed E-state index contributed by atoms with van der Waals surface area (Å²) in [4.78, 5) is 11.3. The van der Waals surface area contributed by atoms with Crippen LogP contribution in [0.5, 0.6) is 0 Å². The Hall–Kier alpha value is -2.31. The fraction of sp³-hybridized carbons (Fsp3) is 0.125. The molecule has 0 heterocycles. The first-order valence-corrected chi connectivity index (χ1v) is 6.15. The summed E-state index contributed by atoms with van der Waals surface area (Å²) < 4.78 is 0. The Labute approximate surface area is 124 Å². The smallest absolute Gasteiger partial charge is 0.336 e. The third-order valence-electron chi connectivity index (χ3n) is 2.27. The van der Waals surface area contributed by atoms with Gasteiger partial charge in [-0.25, -0.2) is 4.79 Å². The number of hydrogen-bond donors (Lipinski definition) is 1. The Bertz CT molecular complexity index is 554. The van der Waals surface area contributed by atoms with Crippen molar-refractivity contribution in [2.24, 2.45) is 0 Å². The van der Waals surface area contributed by atoms with Gasteiger partial charge in [0, 0.05) is 5.03 Å². The molecule has 0 bridgehead atoms. The summed E-state index contributed by atoms with van der Waals surface area (Å²) in [6.07, 6.45) is 9.07. The van der Waals surface area contributed by atoms with Gasteiger partial charge in [0.1, 0.15) is 0 Å². The van der Waals surface area contributed by atoms with Crippen LogP contribution in [0.3, 0.4) is 0 Å². The average Bonchev–Trinajstić information content (AvgIpc) is 2.38. The normalized spacial score (nSPS) is 13.7. The lowest BCUT2D eigenvalue weighted by molar-refractivity contribution is -0.132. The van der Waals surface area contributed by atoms with Crippen LogP contribution in [0, 0.1) is 11.3 Å². The maximum Gasteiger partial charge on any atom is 0.336 e. The highest BCUT2D eigenvalue weighted by molar-refractivity contribution is 6.29. The summed E-state index contributed by atoms with van der Waals surface area (Å²) in [5, 5.41) is 18.7. The number of carboxylic acid groups (broad SMARTS) is 1. The highest BCUT2D eigenvalue weighted by atomic mass is 35.5. The van der Waals surface area contributed by atoms with Gasteiger partial charge in [-0.3, -0.25) is 0 Å². The molecule has 104 valence electrons. The minimum atomic E-state index is -1.12. The van der Waals surface area contributed by atoms with E-state index in [0.717, 1.165) is 0 Å². The van der Waals surface area contributed by atoms with Gasteiger partial charge in [-0.2, -0.15) is 5.26 Å². The van der Waals surface area contributed by atoms with Crippen molar-refractivity contribution >= 4 is 17.6 Å². The molecule has 3 nitrogen and oxygen atoms in total. The van der Waals surface area contributed by atoms with E-state index in [9.17, 15) is 9.90 Å². The second kappa shape index (κ2) is 9.60. The van der Waals surface area contributed by atoms with Crippen molar-refractivity contribution < 1.29 is 9.90 Å². The molecule has 0 aromatic carbocycles. The van der Waals surface area contributed by atoms with E-state index in [2.05, 4.69) is 13.2 Å². The van der Waals surface area contributed by atoms with Gasteiger partial charge in [0.25, 0.3) is 0 Å². The summed E-state index contributed by atoms with van der Waals surface area (Å²) in [5.41, 5.74) is 0.943. The molecular weight excluding hydrogens is 274 g/mol. The van der Waals surface area contributed by atoms with E-state index in [1.807, 2.05) is 6.07 Å². The lowest BCUT2D eigenvalue weighted by Gasteiger charge is -2.08. The lowest BCUT2D eigenvalue weighted by atomic mass is 9.96. The molecule has 0 aliphatic rings. The van der Waals surface area contributed by atoms with E-state index in [1.165, 1.54) is 24.3 Å². The van der Waals surface area contributed by atoms with Gasteiger partial charge < -0.3 is 5.11 Å². The Balaban J connectivity index is 6.09. The van der Waals surface area contributed by atoms with E-state index in [0.29, 0.717) is 16.2 Å². The molecule has 0 aliphatic heterocycles. The number of aliphatic carboxylic acids is 1. The first-order valence-electron chi connectivity index (χ1n) is 5.77. The molecule has 0 atom stereocenters. The van der Waals surface area contributed by atoms with Crippen molar-refractivity contribution in [3.8, 4) is 6.07 Å². The number of rotatable bonds is 7. The van der Waals surface area contributed by atoms with Gasteiger partial charge in [-0.05, 0) is 30.2 Å². The second-order valence-corrected chi connectivity index (χ2v) is 4.30. The number of carboxylic acids is 1. The maximum atomic E-state index is 11.3. The second-order valence-electron chi connectivity index (χ2n) is 3.71. The summed E-state index contributed by atoms with van der Waals surface area (Å²) in [7, 11) is 0. The van der Waals surface area contributed by atoms with Crippen molar-refractivity contribution in [1.29, 1.82) is 5.26 Å². The fourth-order valence-electron chi connectivity index (χ4n) is 1.39. The van der Waals surface area contributed by atoms with Crippen molar-refractivity contribution in [2.45, 2.75) is 13.3 Å². The van der Waals surface area contributed by atoms with Gasteiger partial charge >= 0.3 is 5.97 Å².